The second-order valence-electron chi connectivity index (χ2n) is 7.57. The predicted octanol–water partition coefficient (Wildman–Crippen LogP) is 4.22. The van der Waals surface area contributed by atoms with E-state index in [2.05, 4.69) is 15.6 Å². The summed E-state index contributed by atoms with van der Waals surface area (Å²) in [6.45, 7) is 4.28. The van der Waals surface area contributed by atoms with Crippen LogP contribution in [0, 0.1) is 13.8 Å². The molecule has 0 spiro atoms. The summed E-state index contributed by atoms with van der Waals surface area (Å²) in [4.78, 5) is 29.9. The molecule has 3 aromatic carbocycles. The standard InChI is InChI=1S/C25H24N4O2/c1-17-10-12-19(13-11-17)25(31)26-15-23-28-21-8-3-4-9-22(21)29(23)16-24(30)27-20-7-5-6-18(2)14-20/h3-14H,15-16H2,1-2H3,(H,26,31)(H,27,30). The van der Waals surface area contributed by atoms with Crippen LogP contribution < -0.4 is 10.6 Å². The van der Waals surface area contributed by atoms with E-state index < -0.39 is 0 Å². The van der Waals surface area contributed by atoms with Gasteiger partial charge in [-0.05, 0) is 55.8 Å². The third-order valence-electron chi connectivity index (χ3n) is 5.06. The van der Waals surface area contributed by atoms with Crippen molar-refractivity contribution in [3.05, 3.63) is 95.3 Å². The molecule has 0 bridgehead atoms. The van der Waals surface area contributed by atoms with Gasteiger partial charge in [0.25, 0.3) is 5.91 Å². The van der Waals surface area contributed by atoms with Crippen molar-refractivity contribution < 1.29 is 9.59 Å². The number of carbonyl (C=O) groups is 2. The molecule has 1 aromatic heterocycles. The van der Waals surface area contributed by atoms with Crippen LogP contribution in [0.4, 0.5) is 5.69 Å². The SMILES string of the molecule is Cc1ccc(C(=O)NCc2nc3ccccc3n2CC(=O)Nc2cccc(C)c2)cc1. The highest BCUT2D eigenvalue weighted by atomic mass is 16.2. The van der Waals surface area contributed by atoms with Gasteiger partial charge >= 0.3 is 0 Å². The second-order valence-corrected chi connectivity index (χ2v) is 7.57. The number of aryl methyl sites for hydroxylation is 2. The second kappa shape index (κ2) is 8.83. The van der Waals surface area contributed by atoms with Crippen molar-refractivity contribution in [3.63, 3.8) is 0 Å². The highest BCUT2D eigenvalue weighted by molar-refractivity contribution is 5.94. The van der Waals surface area contributed by atoms with Crippen molar-refractivity contribution in [2.45, 2.75) is 26.9 Å². The number of hydrogen-bond acceptors (Lipinski definition) is 3. The van der Waals surface area contributed by atoms with Crippen molar-refractivity contribution in [1.29, 1.82) is 0 Å². The third-order valence-corrected chi connectivity index (χ3v) is 5.06. The minimum absolute atomic E-state index is 0.101. The van der Waals surface area contributed by atoms with E-state index >= 15 is 0 Å². The van der Waals surface area contributed by atoms with Gasteiger partial charge in [0.05, 0.1) is 17.6 Å². The molecule has 0 saturated heterocycles. The van der Waals surface area contributed by atoms with E-state index in [1.54, 1.807) is 12.1 Å². The molecule has 0 saturated carbocycles. The topological polar surface area (TPSA) is 76.0 Å². The Morgan fingerprint density at radius 1 is 0.903 bits per heavy atom. The number of anilines is 1. The molecule has 6 heteroatoms. The van der Waals surface area contributed by atoms with Gasteiger partial charge < -0.3 is 15.2 Å². The van der Waals surface area contributed by atoms with Crippen LogP contribution in [0.2, 0.25) is 0 Å². The number of amides is 2. The van der Waals surface area contributed by atoms with Crippen molar-refractivity contribution in [1.82, 2.24) is 14.9 Å². The molecule has 6 nitrogen and oxygen atoms in total. The fourth-order valence-electron chi connectivity index (χ4n) is 3.47. The Morgan fingerprint density at radius 3 is 2.45 bits per heavy atom. The van der Waals surface area contributed by atoms with Crippen molar-refractivity contribution in [2.75, 3.05) is 5.32 Å². The molecule has 2 N–H and O–H groups in total. The summed E-state index contributed by atoms with van der Waals surface area (Å²) in [7, 11) is 0. The Morgan fingerprint density at radius 2 is 1.68 bits per heavy atom. The van der Waals surface area contributed by atoms with E-state index in [1.165, 1.54) is 0 Å². The Bertz CT molecular complexity index is 1240. The van der Waals surface area contributed by atoms with Crippen molar-refractivity contribution in [2.24, 2.45) is 0 Å². The summed E-state index contributed by atoms with van der Waals surface area (Å²) in [6.07, 6.45) is 0. The largest absolute Gasteiger partial charge is 0.345 e. The number of aromatic nitrogens is 2. The number of nitrogens with zero attached hydrogens (tertiary/aromatic N) is 2. The number of rotatable bonds is 6. The van der Waals surface area contributed by atoms with E-state index in [-0.39, 0.29) is 24.9 Å². The molecule has 0 radical (unpaired) electrons. The summed E-state index contributed by atoms with van der Waals surface area (Å²) in [5, 5.41) is 5.85. The predicted molar refractivity (Wildman–Crippen MR) is 122 cm³/mol. The summed E-state index contributed by atoms with van der Waals surface area (Å²) in [5.74, 6) is 0.295. The molecule has 156 valence electrons. The molecule has 0 unspecified atom stereocenters. The van der Waals surface area contributed by atoms with E-state index in [9.17, 15) is 9.59 Å². The van der Waals surface area contributed by atoms with E-state index in [1.807, 2.05) is 79.1 Å². The van der Waals surface area contributed by atoms with Crippen LogP contribution in [0.5, 0.6) is 0 Å². The molecule has 0 fully saturated rings. The van der Waals surface area contributed by atoms with Crippen LogP contribution in [-0.2, 0) is 17.9 Å². The highest BCUT2D eigenvalue weighted by Crippen LogP contribution is 2.17. The first-order valence-electron chi connectivity index (χ1n) is 10.1. The van der Waals surface area contributed by atoms with Gasteiger partial charge in [0.1, 0.15) is 12.4 Å². The van der Waals surface area contributed by atoms with Crippen LogP contribution >= 0.6 is 0 Å². The van der Waals surface area contributed by atoms with Gasteiger partial charge in [-0.3, -0.25) is 9.59 Å². The maximum atomic E-state index is 12.7. The Balaban J connectivity index is 1.53. The van der Waals surface area contributed by atoms with Gasteiger partial charge in [0.15, 0.2) is 0 Å². The smallest absolute Gasteiger partial charge is 0.251 e. The summed E-state index contributed by atoms with van der Waals surface area (Å²) >= 11 is 0. The van der Waals surface area contributed by atoms with Crippen molar-refractivity contribution in [3.8, 4) is 0 Å². The maximum absolute atomic E-state index is 12.7. The number of fused-ring (bicyclic) bond motifs is 1. The van der Waals surface area contributed by atoms with E-state index in [0.717, 1.165) is 27.8 Å². The van der Waals surface area contributed by atoms with Gasteiger partial charge in [-0.1, -0.05) is 42.0 Å². The first-order valence-corrected chi connectivity index (χ1v) is 10.1. The molecule has 0 atom stereocenters. The van der Waals surface area contributed by atoms with Crippen LogP contribution in [0.1, 0.15) is 27.3 Å². The first-order chi connectivity index (χ1) is 15.0. The van der Waals surface area contributed by atoms with Crippen LogP contribution in [0.15, 0.2) is 72.8 Å². The van der Waals surface area contributed by atoms with Gasteiger partial charge in [0, 0.05) is 11.3 Å². The number of benzene rings is 3. The average Bonchev–Trinajstić information content (AvgIpc) is 3.10. The van der Waals surface area contributed by atoms with Crippen LogP contribution in [0.3, 0.4) is 0 Å². The number of hydrogen-bond donors (Lipinski definition) is 2. The molecule has 31 heavy (non-hydrogen) atoms. The quantitative estimate of drug-likeness (QED) is 0.498. The fraction of sp³-hybridized carbons (Fsp3) is 0.160. The number of nitrogens with one attached hydrogen (secondary N) is 2. The monoisotopic (exact) mass is 412 g/mol. The Kier molecular flexibility index (Phi) is 5.80. The lowest BCUT2D eigenvalue weighted by Gasteiger charge is -2.11. The lowest BCUT2D eigenvalue weighted by Crippen LogP contribution is -2.26. The maximum Gasteiger partial charge on any atom is 0.251 e. The minimum Gasteiger partial charge on any atom is -0.345 e. The van der Waals surface area contributed by atoms with Crippen LogP contribution in [-0.4, -0.2) is 21.4 Å². The van der Waals surface area contributed by atoms with Gasteiger partial charge in [-0.15, -0.1) is 0 Å². The number of para-hydroxylation sites is 2. The molecule has 4 rings (SSSR count). The molecular formula is C25H24N4O2. The number of carbonyl (C=O) groups excluding carboxylic acids is 2. The fourth-order valence-corrected chi connectivity index (χ4v) is 3.47. The summed E-state index contributed by atoms with van der Waals surface area (Å²) in [5.41, 5.74) is 5.14. The zero-order valence-electron chi connectivity index (χ0n) is 17.6. The zero-order valence-corrected chi connectivity index (χ0v) is 17.6. The summed E-state index contributed by atoms with van der Waals surface area (Å²) in [6, 6.07) is 22.7. The van der Waals surface area contributed by atoms with Gasteiger partial charge in [0.2, 0.25) is 5.91 Å². The van der Waals surface area contributed by atoms with Crippen LogP contribution in [0.25, 0.3) is 11.0 Å². The Hall–Kier alpha value is -3.93. The molecular weight excluding hydrogens is 388 g/mol. The zero-order chi connectivity index (χ0) is 21.8. The van der Waals surface area contributed by atoms with Gasteiger partial charge in [-0.25, -0.2) is 4.98 Å². The number of imidazole rings is 1. The van der Waals surface area contributed by atoms with E-state index in [0.29, 0.717) is 11.4 Å². The lowest BCUT2D eigenvalue weighted by atomic mass is 10.1. The third kappa shape index (κ3) is 4.80. The van der Waals surface area contributed by atoms with Gasteiger partial charge in [-0.2, -0.15) is 0 Å². The average molecular weight is 412 g/mol. The minimum atomic E-state index is -0.178. The highest BCUT2D eigenvalue weighted by Gasteiger charge is 2.15. The molecule has 4 aromatic rings. The molecule has 2 amide bonds. The Labute approximate surface area is 180 Å². The molecule has 0 aliphatic heterocycles. The lowest BCUT2D eigenvalue weighted by molar-refractivity contribution is -0.116. The summed E-state index contributed by atoms with van der Waals surface area (Å²) < 4.78 is 1.84. The first kappa shape index (κ1) is 20.3. The molecule has 1 heterocycles. The molecule has 0 aliphatic rings. The van der Waals surface area contributed by atoms with E-state index in [4.69, 9.17) is 0 Å². The normalized spacial score (nSPS) is 10.8. The molecule has 0 aliphatic carbocycles. The van der Waals surface area contributed by atoms with Crippen molar-refractivity contribution >= 4 is 28.5 Å².